The first-order chi connectivity index (χ1) is 7.22. The normalized spacial score (nSPS) is 13.6. The number of alkyl halides is 2. The second-order valence-electron chi connectivity index (χ2n) is 3.50. The highest BCUT2D eigenvalue weighted by Crippen LogP contribution is 2.25. The van der Waals surface area contributed by atoms with Crippen molar-refractivity contribution < 1.29 is 8.78 Å². The topological polar surface area (TPSA) is 41.8 Å². The fourth-order valence-corrected chi connectivity index (χ4v) is 1.68. The molecule has 1 heterocycles. The molecule has 2 aromatic rings. The average molecular weight is 210 g/mol. The molecular weight excluding hydrogens is 198 g/mol. The van der Waals surface area contributed by atoms with Gasteiger partial charge in [-0.25, -0.2) is 8.78 Å². The fourth-order valence-electron chi connectivity index (χ4n) is 1.68. The van der Waals surface area contributed by atoms with E-state index in [2.05, 4.69) is 4.98 Å². The van der Waals surface area contributed by atoms with Gasteiger partial charge in [-0.1, -0.05) is 12.1 Å². The lowest BCUT2D eigenvalue weighted by Crippen LogP contribution is -2.19. The zero-order valence-corrected chi connectivity index (χ0v) is 8.08. The Morgan fingerprint density at radius 2 is 2.07 bits per heavy atom. The molecule has 1 aromatic carbocycles. The van der Waals surface area contributed by atoms with Crippen LogP contribution in [-0.4, -0.2) is 18.0 Å². The molecule has 3 N–H and O–H groups in total. The van der Waals surface area contributed by atoms with Crippen LogP contribution in [0.3, 0.4) is 0 Å². The van der Waals surface area contributed by atoms with Gasteiger partial charge in [0.15, 0.2) is 0 Å². The number of aromatic nitrogens is 1. The molecular formula is C11H12F2N2. The molecule has 0 spiro atoms. The molecule has 4 heteroatoms. The van der Waals surface area contributed by atoms with Crippen LogP contribution in [0.2, 0.25) is 0 Å². The smallest absolute Gasteiger partial charge is 0.246 e. The zero-order chi connectivity index (χ0) is 10.8. The first kappa shape index (κ1) is 10.1. The number of halogens is 2. The Labute approximate surface area is 86.1 Å². The molecule has 0 aliphatic rings. The first-order valence-electron chi connectivity index (χ1n) is 4.77. The summed E-state index contributed by atoms with van der Waals surface area (Å²) in [5, 5.41) is 1.02. The van der Waals surface area contributed by atoms with E-state index in [9.17, 15) is 8.78 Å². The van der Waals surface area contributed by atoms with Gasteiger partial charge in [-0.2, -0.15) is 0 Å². The van der Waals surface area contributed by atoms with Crippen LogP contribution >= 0.6 is 0 Å². The van der Waals surface area contributed by atoms with Crippen LogP contribution in [0, 0.1) is 0 Å². The third-order valence-electron chi connectivity index (χ3n) is 2.57. The highest BCUT2D eigenvalue weighted by atomic mass is 19.3. The predicted molar refractivity (Wildman–Crippen MR) is 56.1 cm³/mol. The highest BCUT2D eigenvalue weighted by Gasteiger charge is 2.20. The van der Waals surface area contributed by atoms with Crippen molar-refractivity contribution in [3.05, 3.63) is 36.0 Å². The quantitative estimate of drug-likeness (QED) is 0.802. The summed E-state index contributed by atoms with van der Waals surface area (Å²) in [5.41, 5.74) is 6.79. The summed E-state index contributed by atoms with van der Waals surface area (Å²) in [5.74, 6) is -0.877. The van der Waals surface area contributed by atoms with E-state index in [1.54, 1.807) is 18.3 Å². The van der Waals surface area contributed by atoms with Crippen LogP contribution in [0.5, 0.6) is 0 Å². The van der Waals surface area contributed by atoms with E-state index in [4.69, 9.17) is 5.73 Å². The average Bonchev–Trinajstić information content (AvgIpc) is 2.65. The van der Waals surface area contributed by atoms with Crippen molar-refractivity contribution >= 4 is 10.9 Å². The van der Waals surface area contributed by atoms with Crippen molar-refractivity contribution in [3.63, 3.8) is 0 Å². The van der Waals surface area contributed by atoms with Crippen molar-refractivity contribution in [3.8, 4) is 0 Å². The predicted octanol–water partition coefficient (Wildman–Crippen LogP) is 2.48. The number of nitrogens with one attached hydrogen (secondary N) is 1. The van der Waals surface area contributed by atoms with Gasteiger partial charge in [0.1, 0.15) is 0 Å². The van der Waals surface area contributed by atoms with Crippen molar-refractivity contribution in [2.24, 2.45) is 5.73 Å². The number of nitrogens with two attached hydrogens (primary N) is 1. The van der Waals surface area contributed by atoms with Gasteiger partial charge in [-0.05, 0) is 23.1 Å². The van der Waals surface area contributed by atoms with Crippen LogP contribution in [0.1, 0.15) is 11.5 Å². The number of aromatic amines is 1. The number of rotatable bonds is 3. The minimum absolute atomic E-state index is 0.0378. The molecule has 0 bridgehead atoms. The van der Waals surface area contributed by atoms with Crippen molar-refractivity contribution in [1.82, 2.24) is 4.98 Å². The van der Waals surface area contributed by atoms with E-state index in [-0.39, 0.29) is 6.54 Å². The third kappa shape index (κ3) is 1.85. The fraction of sp³-hybridized carbons (Fsp3) is 0.273. The van der Waals surface area contributed by atoms with E-state index in [0.717, 1.165) is 10.9 Å². The first-order valence-corrected chi connectivity index (χ1v) is 4.77. The Bertz CT molecular complexity index is 451. The molecule has 1 unspecified atom stereocenters. The monoisotopic (exact) mass is 210 g/mol. The molecule has 1 atom stereocenters. The Kier molecular flexibility index (Phi) is 2.68. The standard InChI is InChI=1S/C11H12F2N2/c12-11(13)9(6-14)8-2-1-7-3-4-15-10(7)5-8/h1-5,9,11,15H,6,14H2. The van der Waals surface area contributed by atoms with Crippen molar-refractivity contribution in [2.45, 2.75) is 12.3 Å². The SMILES string of the molecule is NCC(c1ccc2cc[nH]c2c1)C(F)F. The summed E-state index contributed by atoms with van der Waals surface area (Å²) in [6.07, 6.45) is -0.628. The molecule has 15 heavy (non-hydrogen) atoms. The van der Waals surface area contributed by atoms with Crippen LogP contribution in [0.4, 0.5) is 8.78 Å². The molecule has 0 aliphatic carbocycles. The lowest BCUT2D eigenvalue weighted by atomic mass is 9.99. The summed E-state index contributed by atoms with van der Waals surface area (Å²) in [6.45, 7) is -0.0378. The van der Waals surface area contributed by atoms with Gasteiger partial charge in [-0.15, -0.1) is 0 Å². The van der Waals surface area contributed by atoms with Crippen LogP contribution in [-0.2, 0) is 0 Å². The molecule has 0 amide bonds. The van der Waals surface area contributed by atoms with Gasteiger partial charge in [0.25, 0.3) is 0 Å². The third-order valence-corrected chi connectivity index (χ3v) is 2.57. The minimum atomic E-state index is -2.41. The lowest BCUT2D eigenvalue weighted by Gasteiger charge is -2.13. The molecule has 0 saturated heterocycles. The molecule has 0 radical (unpaired) electrons. The Morgan fingerprint density at radius 1 is 1.27 bits per heavy atom. The van der Waals surface area contributed by atoms with Gasteiger partial charge < -0.3 is 10.7 Å². The molecule has 80 valence electrons. The lowest BCUT2D eigenvalue weighted by molar-refractivity contribution is 0.117. The molecule has 2 nitrogen and oxygen atoms in total. The van der Waals surface area contributed by atoms with Gasteiger partial charge in [0, 0.05) is 18.3 Å². The maximum atomic E-state index is 12.6. The number of H-pyrrole nitrogens is 1. The van der Waals surface area contributed by atoms with Gasteiger partial charge in [-0.3, -0.25) is 0 Å². The van der Waals surface area contributed by atoms with Gasteiger partial charge in [0.2, 0.25) is 6.43 Å². The van der Waals surface area contributed by atoms with Crippen molar-refractivity contribution in [2.75, 3.05) is 6.54 Å². The number of hydrogen-bond acceptors (Lipinski definition) is 1. The minimum Gasteiger partial charge on any atom is -0.361 e. The summed E-state index contributed by atoms with van der Waals surface area (Å²) in [7, 11) is 0. The van der Waals surface area contributed by atoms with E-state index < -0.39 is 12.3 Å². The Hall–Kier alpha value is -1.42. The van der Waals surface area contributed by atoms with E-state index in [1.165, 1.54) is 0 Å². The number of fused-ring (bicyclic) bond motifs is 1. The Morgan fingerprint density at radius 3 is 2.73 bits per heavy atom. The molecule has 1 aromatic heterocycles. The van der Waals surface area contributed by atoms with E-state index in [1.807, 2.05) is 12.1 Å². The summed E-state index contributed by atoms with van der Waals surface area (Å²) in [6, 6.07) is 7.17. The van der Waals surface area contributed by atoms with Gasteiger partial charge >= 0.3 is 0 Å². The summed E-state index contributed by atoms with van der Waals surface area (Å²) in [4.78, 5) is 2.99. The van der Waals surface area contributed by atoms with Crippen LogP contribution in [0.25, 0.3) is 10.9 Å². The number of benzene rings is 1. The molecule has 0 aliphatic heterocycles. The molecule has 0 saturated carbocycles. The second kappa shape index (κ2) is 3.98. The largest absolute Gasteiger partial charge is 0.361 e. The maximum Gasteiger partial charge on any atom is 0.246 e. The Balaban J connectivity index is 2.41. The van der Waals surface area contributed by atoms with Crippen LogP contribution < -0.4 is 5.73 Å². The highest BCUT2D eigenvalue weighted by molar-refractivity contribution is 5.80. The summed E-state index contributed by atoms with van der Waals surface area (Å²) >= 11 is 0. The van der Waals surface area contributed by atoms with E-state index in [0.29, 0.717) is 5.56 Å². The van der Waals surface area contributed by atoms with Crippen LogP contribution in [0.15, 0.2) is 30.5 Å². The second-order valence-corrected chi connectivity index (χ2v) is 3.50. The maximum absolute atomic E-state index is 12.6. The van der Waals surface area contributed by atoms with Gasteiger partial charge in [0.05, 0.1) is 5.92 Å². The zero-order valence-electron chi connectivity index (χ0n) is 8.08. The molecule has 0 fully saturated rings. The molecule has 2 rings (SSSR count). The number of hydrogen-bond donors (Lipinski definition) is 2. The summed E-state index contributed by atoms with van der Waals surface area (Å²) < 4.78 is 25.2. The van der Waals surface area contributed by atoms with E-state index >= 15 is 0 Å². The van der Waals surface area contributed by atoms with Crippen molar-refractivity contribution in [1.29, 1.82) is 0 Å².